The van der Waals surface area contributed by atoms with Crippen LogP contribution in [0.2, 0.25) is 0 Å². The van der Waals surface area contributed by atoms with Crippen molar-refractivity contribution in [2.75, 3.05) is 26.2 Å². The molecule has 1 aliphatic heterocycles. The fraction of sp³-hybridized carbons (Fsp3) is 1.00. The molecule has 1 N–H and O–H groups in total. The van der Waals surface area contributed by atoms with Crippen molar-refractivity contribution in [2.24, 2.45) is 5.92 Å². The van der Waals surface area contributed by atoms with Crippen LogP contribution in [0.4, 0.5) is 0 Å². The standard InChI is InChI=1S/C17H34N2O.C2H6/c1-14(2)20-17-8-6-16(7-9-17)5-4-11-19-12-10-18-15(3)13-19;1-2/h14-18H,4-13H2,1-3H3;1-2H3/t15-,16?,17?;/m0./s1. The Bertz CT molecular complexity index is 262. The zero-order valence-electron chi connectivity index (χ0n) is 15.7. The number of nitrogens with one attached hydrogen (secondary N) is 1. The summed E-state index contributed by atoms with van der Waals surface area (Å²) in [6.45, 7) is 15.5. The van der Waals surface area contributed by atoms with Gasteiger partial charge in [-0.05, 0) is 71.8 Å². The highest BCUT2D eigenvalue weighted by Crippen LogP contribution is 2.30. The molecule has 1 atom stereocenters. The minimum absolute atomic E-state index is 0.395. The van der Waals surface area contributed by atoms with Gasteiger partial charge in [0.25, 0.3) is 0 Å². The molecule has 2 fully saturated rings. The highest BCUT2D eigenvalue weighted by molar-refractivity contribution is 4.77. The molecule has 1 heterocycles. The zero-order chi connectivity index (χ0) is 16.4. The van der Waals surface area contributed by atoms with Gasteiger partial charge in [0.2, 0.25) is 0 Å². The van der Waals surface area contributed by atoms with Crippen molar-refractivity contribution in [2.45, 2.75) is 91.4 Å². The van der Waals surface area contributed by atoms with E-state index < -0.39 is 0 Å². The van der Waals surface area contributed by atoms with E-state index in [1.807, 2.05) is 13.8 Å². The fourth-order valence-corrected chi connectivity index (χ4v) is 3.76. The number of nitrogens with zero attached hydrogens (tertiary/aromatic N) is 1. The quantitative estimate of drug-likeness (QED) is 0.800. The lowest BCUT2D eigenvalue weighted by Gasteiger charge is -2.33. The third-order valence-corrected chi connectivity index (χ3v) is 4.80. The van der Waals surface area contributed by atoms with E-state index in [9.17, 15) is 0 Å². The summed E-state index contributed by atoms with van der Waals surface area (Å²) in [7, 11) is 0. The first-order chi connectivity index (χ1) is 10.6. The van der Waals surface area contributed by atoms with E-state index in [0.29, 0.717) is 18.2 Å². The molecule has 0 bridgehead atoms. The third kappa shape index (κ3) is 7.94. The maximum atomic E-state index is 5.94. The van der Waals surface area contributed by atoms with Crippen molar-refractivity contribution in [3.05, 3.63) is 0 Å². The van der Waals surface area contributed by atoms with E-state index in [-0.39, 0.29) is 0 Å². The average Bonchev–Trinajstić information content (AvgIpc) is 2.51. The molecule has 0 radical (unpaired) electrons. The van der Waals surface area contributed by atoms with Crippen LogP contribution < -0.4 is 5.32 Å². The lowest BCUT2D eigenvalue weighted by atomic mass is 9.84. The van der Waals surface area contributed by atoms with Crippen LogP contribution in [0.25, 0.3) is 0 Å². The molecule has 0 spiro atoms. The Morgan fingerprint density at radius 2 is 1.82 bits per heavy atom. The number of hydrogen-bond acceptors (Lipinski definition) is 3. The Balaban J connectivity index is 0.00000116. The van der Waals surface area contributed by atoms with Gasteiger partial charge in [0.1, 0.15) is 0 Å². The number of rotatable bonds is 6. The van der Waals surface area contributed by atoms with Crippen LogP contribution in [0.5, 0.6) is 0 Å². The number of ether oxygens (including phenoxy) is 1. The highest BCUT2D eigenvalue weighted by atomic mass is 16.5. The van der Waals surface area contributed by atoms with Crippen molar-refractivity contribution in [1.82, 2.24) is 10.2 Å². The SMILES string of the molecule is CC.CC(C)OC1CCC(CCCN2CCN[C@@H](C)C2)CC1. The van der Waals surface area contributed by atoms with Crippen LogP contribution in [0, 0.1) is 5.92 Å². The molecule has 1 aliphatic carbocycles. The van der Waals surface area contributed by atoms with E-state index in [1.165, 1.54) is 64.7 Å². The fourth-order valence-electron chi connectivity index (χ4n) is 3.76. The van der Waals surface area contributed by atoms with Gasteiger partial charge in [-0.2, -0.15) is 0 Å². The predicted octanol–water partition coefficient (Wildman–Crippen LogP) is 4.07. The van der Waals surface area contributed by atoms with Crippen LogP contribution in [0.1, 0.15) is 73.1 Å². The van der Waals surface area contributed by atoms with Crippen LogP contribution in [0.3, 0.4) is 0 Å². The average molecular weight is 313 g/mol. The smallest absolute Gasteiger partial charge is 0.0578 e. The zero-order valence-corrected chi connectivity index (χ0v) is 15.7. The van der Waals surface area contributed by atoms with E-state index in [1.54, 1.807) is 0 Å². The van der Waals surface area contributed by atoms with Gasteiger partial charge >= 0.3 is 0 Å². The van der Waals surface area contributed by atoms with Crippen LogP contribution in [-0.2, 0) is 4.74 Å². The third-order valence-electron chi connectivity index (χ3n) is 4.80. The van der Waals surface area contributed by atoms with Crippen LogP contribution >= 0.6 is 0 Å². The minimum Gasteiger partial charge on any atom is -0.376 e. The second kappa shape index (κ2) is 11.4. The molecule has 3 heteroatoms. The van der Waals surface area contributed by atoms with Gasteiger partial charge in [-0.3, -0.25) is 0 Å². The Kier molecular flexibility index (Phi) is 10.3. The normalized spacial score (nSPS) is 30.0. The van der Waals surface area contributed by atoms with E-state index in [4.69, 9.17) is 4.74 Å². The lowest BCUT2D eigenvalue weighted by Crippen LogP contribution is -2.49. The first kappa shape index (κ1) is 19.9. The molecule has 2 aliphatic rings. The van der Waals surface area contributed by atoms with Crippen molar-refractivity contribution < 1.29 is 4.74 Å². The van der Waals surface area contributed by atoms with Gasteiger partial charge in [-0.15, -0.1) is 0 Å². The van der Waals surface area contributed by atoms with E-state index >= 15 is 0 Å². The van der Waals surface area contributed by atoms with Gasteiger partial charge in [-0.1, -0.05) is 13.8 Å². The molecule has 0 aromatic carbocycles. The highest BCUT2D eigenvalue weighted by Gasteiger charge is 2.22. The Hall–Kier alpha value is -0.120. The van der Waals surface area contributed by atoms with Crippen molar-refractivity contribution in [1.29, 1.82) is 0 Å². The second-order valence-corrected chi connectivity index (χ2v) is 7.13. The Morgan fingerprint density at radius 3 is 2.41 bits per heavy atom. The number of piperazine rings is 1. The summed E-state index contributed by atoms with van der Waals surface area (Å²) < 4.78 is 5.94. The van der Waals surface area contributed by atoms with Gasteiger partial charge in [0.05, 0.1) is 12.2 Å². The van der Waals surface area contributed by atoms with Crippen LogP contribution in [0.15, 0.2) is 0 Å². The molecule has 2 rings (SSSR count). The van der Waals surface area contributed by atoms with Gasteiger partial charge < -0.3 is 15.0 Å². The first-order valence-corrected chi connectivity index (χ1v) is 9.74. The topological polar surface area (TPSA) is 24.5 Å². The van der Waals surface area contributed by atoms with Crippen molar-refractivity contribution in [3.63, 3.8) is 0 Å². The summed E-state index contributed by atoms with van der Waals surface area (Å²) in [5.41, 5.74) is 0. The second-order valence-electron chi connectivity index (χ2n) is 7.13. The molecule has 1 saturated carbocycles. The molecule has 0 unspecified atom stereocenters. The maximum Gasteiger partial charge on any atom is 0.0578 e. The largest absolute Gasteiger partial charge is 0.376 e. The molecule has 0 aromatic heterocycles. The molecular weight excluding hydrogens is 272 g/mol. The van der Waals surface area contributed by atoms with Crippen molar-refractivity contribution >= 4 is 0 Å². The Morgan fingerprint density at radius 1 is 1.14 bits per heavy atom. The summed E-state index contributed by atoms with van der Waals surface area (Å²) in [5.74, 6) is 0.961. The van der Waals surface area contributed by atoms with E-state index in [2.05, 4.69) is 31.0 Å². The summed E-state index contributed by atoms with van der Waals surface area (Å²) in [6, 6.07) is 0.673. The maximum absolute atomic E-state index is 5.94. The van der Waals surface area contributed by atoms with Crippen molar-refractivity contribution in [3.8, 4) is 0 Å². The summed E-state index contributed by atoms with van der Waals surface area (Å²) in [4.78, 5) is 2.63. The van der Waals surface area contributed by atoms with E-state index in [0.717, 1.165) is 5.92 Å². The van der Waals surface area contributed by atoms with Gasteiger partial charge in [-0.25, -0.2) is 0 Å². The molecule has 132 valence electrons. The summed E-state index contributed by atoms with van der Waals surface area (Å²) >= 11 is 0. The lowest BCUT2D eigenvalue weighted by molar-refractivity contribution is -0.0204. The molecule has 1 saturated heterocycles. The first-order valence-electron chi connectivity index (χ1n) is 9.74. The molecule has 22 heavy (non-hydrogen) atoms. The molecule has 0 amide bonds. The monoisotopic (exact) mass is 312 g/mol. The summed E-state index contributed by atoms with van der Waals surface area (Å²) in [5, 5.41) is 3.52. The molecule has 0 aromatic rings. The van der Waals surface area contributed by atoms with Gasteiger partial charge in [0, 0.05) is 25.7 Å². The summed E-state index contributed by atoms with van der Waals surface area (Å²) in [6.07, 6.45) is 9.08. The minimum atomic E-state index is 0.395. The predicted molar refractivity (Wildman–Crippen MR) is 96.5 cm³/mol. The Labute approximate surface area is 139 Å². The van der Waals surface area contributed by atoms with Gasteiger partial charge in [0.15, 0.2) is 0 Å². The molecular formula is C19H40N2O. The molecule has 3 nitrogen and oxygen atoms in total. The van der Waals surface area contributed by atoms with Crippen LogP contribution in [-0.4, -0.2) is 49.3 Å². The number of hydrogen-bond donors (Lipinski definition) is 1.